The van der Waals surface area contributed by atoms with E-state index in [1.807, 2.05) is 11.8 Å². The Morgan fingerprint density at radius 2 is 2.05 bits per heavy atom. The maximum Gasteiger partial charge on any atom is 0.0822 e. The molecule has 3 rings (SSSR count). The van der Waals surface area contributed by atoms with E-state index in [1.54, 1.807) is 0 Å². The lowest BCUT2D eigenvalue weighted by atomic mass is 9.77. The zero-order valence-electron chi connectivity index (χ0n) is 13.1. The van der Waals surface area contributed by atoms with Gasteiger partial charge in [0.2, 0.25) is 0 Å². The summed E-state index contributed by atoms with van der Waals surface area (Å²) in [6.45, 7) is 5.05. The molecule has 2 atom stereocenters. The van der Waals surface area contributed by atoms with Crippen LogP contribution in [-0.4, -0.2) is 28.8 Å². The molecular weight excluding hydrogens is 280 g/mol. The molecule has 1 aromatic rings. The molecule has 2 nitrogen and oxygen atoms in total. The van der Waals surface area contributed by atoms with E-state index in [-0.39, 0.29) is 11.7 Å². The van der Waals surface area contributed by atoms with Crippen molar-refractivity contribution in [1.29, 1.82) is 0 Å². The average Bonchev–Trinajstić information content (AvgIpc) is 2.50. The maximum atomic E-state index is 10.9. The summed E-state index contributed by atoms with van der Waals surface area (Å²) in [7, 11) is 0. The van der Waals surface area contributed by atoms with Gasteiger partial charge in [-0.25, -0.2) is 0 Å². The van der Waals surface area contributed by atoms with Crippen molar-refractivity contribution >= 4 is 11.8 Å². The summed E-state index contributed by atoms with van der Waals surface area (Å²) in [6, 6.07) is 6.27. The second-order valence-electron chi connectivity index (χ2n) is 6.63. The van der Waals surface area contributed by atoms with Gasteiger partial charge in [-0.15, -0.1) is 0 Å². The third-order valence-corrected chi connectivity index (χ3v) is 6.33. The van der Waals surface area contributed by atoms with Gasteiger partial charge in [-0.05, 0) is 73.6 Å². The van der Waals surface area contributed by atoms with Crippen LogP contribution in [0.3, 0.4) is 0 Å². The number of thioether (sulfide) groups is 1. The van der Waals surface area contributed by atoms with Crippen molar-refractivity contribution in [3.8, 4) is 0 Å². The number of hydrogen-bond donors (Lipinski definition) is 1. The van der Waals surface area contributed by atoms with Crippen molar-refractivity contribution in [1.82, 2.24) is 0 Å². The van der Waals surface area contributed by atoms with Crippen LogP contribution >= 0.6 is 11.8 Å². The lowest BCUT2D eigenvalue weighted by molar-refractivity contribution is -0.121. The Balaban J connectivity index is 1.78. The third-order valence-electron chi connectivity index (χ3n) is 5.35. The number of ether oxygens (including phenoxy) is 1. The van der Waals surface area contributed by atoms with Crippen LogP contribution in [0.5, 0.6) is 0 Å². The van der Waals surface area contributed by atoms with E-state index < -0.39 is 0 Å². The zero-order valence-corrected chi connectivity index (χ0v) is 13.9. The summed E-state index contributed by atoms with van der Waals surface area (Å²) in [4.78, 5) is 0. The van der Waals surface area contributed by atoms with Gasteiger partial charge in [0.05, 0.1) is 11.7 Å². The van der Waals surface area contributed by atoms with Gasteiger partial charge in [0.15, 0.2) is 0 Å². The van der Waals surface area contributed by atoms with E-state index in [2.05, 4.69) is 32.0 Å². The molecule has 2 unspecified atom stereocenters. The quantitative estimate of drug-likeness (QED) is 0.894. The van der Waals surface area contributed by atoms with Crippen LogP contribution in [0.2, 0.25) is 0 Å². The summed E-state index contributed by atoms with van der Waals surface area (Å²) < 4.78 is 6.15. The first-order valence-electron chi connectivity index (χ1n) is 8.07. The minimum atomic E-state index is -0.347. The number of aliphatic hydroxyl groups is 1. The molecule has 0 aliphatic carbocycles. The molecule has 1 spiro atoms. The van der Waals surface area contributed by atoms with Crippen LogP contribution in [0.25, 0.3) is 0 Å². The monoisotopic (exact) mass is 306 g/mol. The normalized spacial score (nSPS) is 26.7. The summed E-state index contributed by atoms with van der Waals surface area (Å²) >= 11 is 2.03. The first-order valence-corrected chi connectivity index (χ1v) is 9.23. The molecule has 2 heterocycles. The molecule has 1 aromatic carbocycles. The van der Waals surface area contributed by atoms with Gasteiger partial charge in [-0.2, -0.15) is 11.8 Å². The van der Waals surface area contributed by atoms with Crippen molar-refractivity contribution in [3.05, 3.63) is 34.9 Å². The zero-order chi connectivity index (χ0) is 14.9. The summed E-state index contributed by atoms with van der Waals surface area (Å²) in [5, 5.41) is 10.9. The fraction of sp³-hybridized carbons (Fsp3) is 0.667. The smallest absolute Gasteiger partial charge is 0.0822 e. The lowest BCUT2D eigenvalue weighted by Gasteiger charge is -2.44. The lowest BCUT2D eigenvalue weighted by Crippen LogP contribution is -2.44. The summed E-state index contributed by atoms with van der Waals surface area (Å²) in [5.74, 6) is 2.74. The van der Waals surface area contributed by atoms with Crippen molar-refractivity contribution in [2.24, 2.45) is 5.92 Å². The minimum absolute atomic E-state index is 0.0485. The van der Waals surface area contributed by atoms with Gasteiger partial charge in [0.25, 0.3) is 0 Å². The van der Waals surface area contributed by atoms with E-state index in [4.69, 9.17) is 4.74 Å². The first-order chi connectivity index (χ1) is 10.1. The van der Waals surface area contributed by atoms with Gasteiger partial charge >= 0.3 is 0 Å². The molecule has 116 valence electrons. The highest BCUT2D eigenvalue weighted by atomic mass is 32.2. The topological polar surface area (TPSA) is 29.5 Å². The van der Waals surface area contributed by atoms with Gasteiger partial charge in [0.1, 0.15) is 0 Å². The van der Waals surface area contributed by atoms with Gasteiger partial charge < -0.3 is 9.84 Å². The Hall–Kier alpha value is -0.510. The van der Waals surface area contributed by atoms with Crippen molar-refractivity contribution in [3.63, 3.8) is 0 Å². The molecule has 0 amide bonds. The van der Waals surface area contributed by atoms with E-state index in [9.17, 15) is 5.11 Å². The molecular formula is C18H26O2S. The maximum absolute atomic E-state index is 10.9. The predicted octanol–water partition coefficient (Wildman–Crippen LogP) is 4.03. The Morgan fingerprint density at radius 1 is 1.29 bits per heavy atom. The summed E-state index contributed by atoms with van der Waals surface area (Å²) in [6.07, 6.45) is 3.94. The van der Waals surface area contributed by atoms with Crippen molar-refractivity contribution in [2.45, 2.75) is 51.2 Å². The molecule has 0 aromatic heterocycles. The molecule has 21 heavy (non-hydrogen) atoms. The second kappa shape index (κ2) is 6.31. The van der Waals surface area contributed by atoms with E-state index >= 15 is 0 Å². The number of aryl methyl sites for hydroxylation is 1. The molecule has 0 saturated carbocycles. The van der Waals surface area contributed by atoms with Gasteiger partial charge in [0, 0.05) is 6.61 Å². The molecule has 2 saturated heterocycles. The van der Waals surface area contributed by atoms with Crippen LogP contribution < -0.4 is 0 Å². The number of rotatable bonds is 2. The van der Waals surface area contributed by atoms with Crippen molar-refractivity contribution < 1.29 is 9.84 Å². The van der Waals surface area contributed by atoms with Crippen LogP contribution in [0.4, 0.5) is 0 Å². The Kier molecular flexibility index (Phi) is 4.63. The van der Waals surface area contributed by atoms with E-state index in [1.165, 1.54) is 22.6 Å². The molecule has 0 bridgehead atoms. The van der Waals surface area contributed by atoms with Crippen LogP contribution in [0.15, 0.2) is 18.2 Å². The minimum Gasteiger partial charge on any atom is -0.388 e. The highest BCUT2D eigenvalue weighted by Gasteiger charge is 2.41. The Labute approximate surface area is 132 Å². The molecule has 3 heteroatoms. The number of aliphatic hydroxyl groups excluding tert-OH is 1. The van der Waals surface area contributed by atoms with Gasteiger partial charge in [-0.3, -0.25) is 0 Å². The number of benzene rings is 1. The third kappa shape index (κ3) is 3.15. The highest BCUT2D eigenvalue weighted by Crippen LogP contribution is 2.44. The molecule has 2 fully saturated rings. The molecule has 0 radical (unpaired) electrons. The standard InChI is InChI=1S/C18H26O2S/c1-13-4-3-5-16(14(13)2)17(19)15-6-9-20-18(12-15)7-10-21-11-8-18/h3-5,15,17,19H,6-12H2,1-2H3. The SMILES string of the molecule is Cc1cccc(C(O)C2CCOC3(CCSCC3)C2)c1C. The van der Waals surface area contributed by atoms with Gasteiger partial charge in [-0.1, -0.05) is 18.2 Å². The number of hydrogen-bond acceptors (Lipinski definition) is 3. The van der Waals surface area contributed by atoms with Crippen LogP contribution in [0, 0.1) is 19.8 Å². The molecule has 2 aliphatic rings. The second-order valence-corrected chi connectivity index (χ2v) is 7.86. The van der Waals surface area contributed by atoms with E-state index in [0.29, 0.717) is 5.92 Å². The predicted molar refractivity (Wildman–Crippen MR) is 88.8 cm³/mol. The fourth-order valence-corrected chi connectivity index (χ4v) is 5.01. The van der Waals surface area contributed by atoms with Crippen LogP contribution in [-0.2, 0) is 4.74 Å². The molecule has 2 aliphatic heterocycles. The average molecular weight is 306 g/mol. The van der Waals surface area contributed by atoms with Crippen LogP contribution in [0.1, 0.15) is 48.5 Å². The molecule has 1 N–H and O–H groups in total. The largest absolute Gasteiger partial charge is 0.388 e. The Bertz CT molecular complexity index is 488. The summed E-state index contributed by atoms with van der Waals surface area (Å²) in [5.41, 5.74) is 3.67. The van der Waals surface area contributed by atoms with Crippen molar-refractivity contribution in [2.75, 3.05) is 18.1 Å². The van der Waals surface area contributed by atoms with E-state index in [0.717, 1.165) is 37.9 Å². The fourth-order valence-electron chi connectivity index (χ4n) is 3.78. The Morgan fingerprint density at radius 3 is 2.81 bits per heavy atom. The first kappa shape index (κ1) is 15.4. The highest BCUT2D eigenvalue weighted by molar-refractivity contribution is 7.99.